The molecular formula is C24H24N2O5. The highest BCUT2D eigenvalue weighted by molar-refractivity contribution is 6.27. The van der Waals surface area contributed by atoms with Crippen LogP contribution in [0.3, 0.4) is 0 Å². The molecule has 0 aromatic heterocycles. The third-order valence-corrected chi connectivity index (χ3v) is 5.96. The van der Waals surface area contributed by atoms with Gasteiger partial charge in [-0.2, -0.15) is 0 Å². The fourth-order valence-electron chi connectivity index (χ4n) is 4.32. The molecule has 31 heavy (non-hydrogen) atoms. The molecule has 0 saturated carbocycles. The number of rotatable bonds is 3. The van der Waals surface area contributed by atoms with Crippen LogP contribution in [-0.2, 0) is 4.79 Å². The zero-order chi connectivity index (χ0) is 22.4. The smallest absolute Gasteiger partial charge is 0.263 e. The summed E-state index contributed by atoms with van der Waals surface area (Å²) in [5.41, 5.74) is 2.94. The van der Waals surface area contributed by atoms with Gasteiger partial charge in [0.2, 0.25) is 6.35 Å². The van der Waals surface area contributed by atoms with E-state index < -0.39 is 18.0 Å². The number of aliphatic hydroxyl groups is 2. The Labute approximate surface area is 180 Å². The largest absolute Gasteiger partial charge is 0.511 e. The van der Waals surface area contributed by atoms with Crippen molar-refractivity contribution in [2.45, 2.75) is 39.5 Å². The summed E-state index contributed by atoms with van der Waals surface area (Å²) in [6, 6.07) is 10.1. The van der Waals surface area contributed by atoms with Crippen LogP contribution in [0.4, 0.5) is 11.4 Å². The predicted octanol–water partition coefficient (Wildman–Crippen LogP) is 3.42. The van der Waals surface area contributed by atoms with Crippen molar-refractivity contribution < 1.29 is 24.6 Å². The summed E-state index contributed by atoms with van der Waals surface area (Å²) >= 11 is 0. The highest BCUT2D eigenvalue weighted by Crippen LogP contribution is 2.36. The van der Waals surface area contributed by atoms with Gasteiger partial charge in [-0.05, 0) is 49.6 Å². The topological polar surface area (TPSA) is 98.2 Å². The number of aliphatic hydroxyl groups excluding tert-OH is 2. The third-order valence-electron chi connectivity index (χ3n) is 5.96. The predicted molar refractivity (Wildman–Crippen MR) is 116 cm³/mol. The fourth-order valence-corrected chi connectivity index (χ4v) is 4.32. The maximum Gasteiger partial charge on any atom is 0.263 e. The molecule has 0 radical (unpaired) electrons. The minimum Gasteiger partial charge on any atom is -0.511 e. The zero-order valence-electron chi connectivity index (χ0n) is 17.7. The van der Waals surface area contributed by atoms with Crippen molar-refractivity contribution in [2.75, 3.05) is 16.8 Å². The number of hydrogen-bond donors (Lipinski definition) is 2. The van der Waals surface area contributed by atoms with Gasteiger partial charge in [0.15, 0.2) is 11.6 Å². The van der Waals surface area contributed by atoms with Gasteiger partial charge in [-0.25, -0.2) is 0 Å². The molecule has 0 bridgehead atoms. The number of nitrogens with zero attached hydrogens (tertiary/aromatic N) is 2. The molecule has 7 nitrogen and oxygen atoms in total. The average Bonchev–Trinajstić information content (AvgIpc) is 2.73. The minimum atomic E-state index is -1.21. The van der Waals surface area contributed by atoms with E-state index >= 15 is 0 Å². The second-order valence-corrected chi connectivity index (χ2v) is 8.03. The van der Waals surface area contributed by atoms with E-state index in [2.05, 4.69) is 0 Å². The summed E-state index contributed by atoms with van der Waals surface area (Å²) < 4.78 is 0. The maximum absolute atomic E-state index is 13.5. The Hall–Kier alpha value is -3.45. The molecule has 0 spiro atoms. The first-order chi connectivity index (χ1) is 14.7. The number of amides is 1. The van der Waals surface area contributed by atoms with Crippen LogP contribution < -0.4 is 9.80 Å². The van der Waals surface area contributed by atoms with Gasteiger partial charge < -0.3 is 15.1 Å². The van der Waals surface area contributed by atoms with E-state index in [4.69, 9.17) is 0 Å². The Morgan fingerprint density at radius 1 is 1.06 bits per heavy atom. The first-order valence-electron chi connectivity index (χ1n) is 10.2. The maximum atomic E-state index is 13.5. The lowest BCUT2D eigenvalue weighted by Crippen LogP contribution is -2.54. The molecule has 2 aliphatic rings. The summed E-state index contributed by atoms with van der Waals surface area (Å²) in [7, 11) is 1.66. The van der Waals surface area contributed by atoms with Gasteiger partial charge in [0.1, 0.15) is 11.3 Å². The van der Waals surface area contributed by atoms with Gasteiger partial charge >= 0.3 is 0 Å². The number of carbonyl (C=O) groups is 3. The first-order valence-corrected chi connectivity index (χ1v) is 10.2. The van der Waals surface area contributed by atoms with Crippen LogP contribution in [0.25, 0.3) is 0 Å². The van der Waals surface area contributed by atoms with E-state index in [0.29, 0.717) is 17.8 Å². The van der Waals surface area contributed by atoms with Crippen LogP contribution in [0.15, 0.2) is 47.7 Å². The quantitative estimate of drug-likeness (QED) is 0.583. The molecule has 2 aromatic carbocycles. The van der Waals surface area contributed by atoms with Crippen molar-refractivity contribution >= 4 is 28.8 Å². The number of para-hydroxylation sites is 1. The summed E-state index contributed by atoms with van der Waals surface area (Å²) in [5, 5.41) is 21.0. The molecule has 2 N–H and O–H groups in total. The summed E-state index contributed by atoms with van der Waals surface area (Å²) in [5.74, 6) is -1.62. The number of hydrogen-bond acceptors (Lipinski definition) is 6. The van der Waals surface area contributed by atoms with Crippen molar-refractivity contribution in [1.29, 1.82) is 0 Å². The van der Waals surface area contributed by atoms with Crippen molar-refractivity contribution in [3.8, 4) is 0 Å². The molecule has 1 aliphatic heterocycles. The fraction of sp³-hybridized carbons (Fsp3) is 0.292. The molecule has 0 fully saturated rings. The summed E-state index contributed by atoms with van der Waals surface area (Å²) in [4.78, 5) is 41.5. The Morgan fingerprint density at radius 3 is 2.39 bits per heavy atom. The van der Waals surface area contributed by atoms with Crippen molar-refractivity contribution in [3.63, 3.8) is 0 Å². The number of fused-ring (bicyclic) bond motifs is 1. The normalized spacial score (nSPS) is 19.0. The molecule has 0 saturated heterocycles. The number of benzene rings is 2. The zero-order valence-corrected chi connectivity index (χ0v) is 17.7. The lowest BCUT2D eigenvalue weighted by molar-refractivity contribution is -0.116. The van der Waals surface area contributed by atoms with Crippen LogP contribution in [0.5, 0.6) is 0 Å². The van der Waals surface area contributed by atoms with Crippen LogP contribution >= 0.6 is 0 Å². The molecule has 1 amide bonds. The molecule has 1 heterocycles. The second-order valence-electron chi connectivity index (χ2n) is 8.03. The van der Waals surface area contributed by atoms with Crippen molar-refractivity contribution in [1.82, 2.24) is 0 Å². The third kappa shape index (κ3) is 3.31. The van der Waals surface area contributed by atoms with E-state index in [1.54, 1.807) is 18.0 Å². The van der Waals surface area contributed by atoms with Crippen LogP contribution in [0.2, 0.25) is 0 Å². The Kier molecular flexibility index (Phi) is 5.15. The molecule has 1 atom stereocenters. The summed E-state index contributed by atoms with van der Waals surface area (Å²) in [6.07, 6.45) is -0.207. The standard InChI is InChI=1S/C24H24N2O5/c1-13-6-4-7-14(2)21(13)26-23(30)16-12-15(10-11-17(16)25(3)24(26)31)22(29)20-18(27)8-5-9-19(20)28/h4,6-7,10-12,24,27,31H,5,8-9H2,1-3H3. The van der Waals surface area contributed by atoms with Gasteiger partial charge in [-0.1, -0.05) is 18.2 Å². The average molecular weight is 420 g/mol. The van der Waals surface area contributed by atoms with E-state index in [1.165, 1.54) is 17.0 Å². The van der Waals surface area contributed by atoms with Gasteiger partial charge in [-0.3, -0.25) is 19.3 Å². The SMILES string of the molecule is Cc1cccc(C)c1N1C(=O)c2cc(C(=O)C3=C(O)CCCC3=O)ccc2N(C)C1O. The molecule has 1 aliphatic carbocycles. The van der Waals surface area contributed by atoms with Crippen molar-refractivity contribution in [3.05, 3.63) is 70.0 Å². The molecule has 2 aromatic rings. The van der Waals surface area contributed by atoms with Crippen LogP contribution in [-0.4, -0.2) is 41.1 Å². The lowest BCUT2D eigenvalue weighted by Gasteiger charge is -2.41. The van der Waals surface area contributed by atoms with Crippen LogP contribution in [0.1, 0.15) is 51.1 Å². The number of Topliss-reactive ketones (excluding diaryl/α,β-unsaturated/α-hetero) is 2. The number of aryl methyl sites for hydroxylation is 2. The molecule has 1 unspecified atom stereocenters. The Bertz CT molecular complexity index is 1130. The highest BCUT2D eigenvalue weighted by atomic mass is 16.3. The van der Waals surface area contributed by atoms with Gasteiger partial charge in [0, 0.05) is 25.5 Å². The highest BCUT2D eigenvalue weighted by Gasteiger charge is 2.38. The first kappa shape index (κ1) is 20.8. The van der Waals surface area contributed by atoms with Gasteiger partial charge in [0.05, 0.1) is 16.9 Å². The molecular weight excluding hydrogens is 396 g/mol. The number of allylic oxidation sites excluding steroid dienone is 2. The van der Waals surface area contributed by atoms with E-state index in [1.807, 2.05) is 32.0 Å². The minimum absolute atomic E-state index is 0.148. The van der Waals surface area contributed by atoms with Crippen molar-refractivity contribution in [2.24, 2.45) is 0 Å². The number of anilines is 2. The van der Waals surface area contributed by atoms with Gasteiger partial charge in [0.25, 0.3) is 5.91 Å². The lowest BCUT2D eigenvalue weighted by atomic mass is 9.89. The Morgan fingerprint density at radius 2 is 1.74 bits per heavy atom. The number of carbonyl (C=O) groups excluding carboxylic acids is 3. The summed E-state index contributed by atoms with van der Waals surface area (Å²) in [6.45, 7) is 3.73. The van der Waals surface area contributed by atoms with Crippen LogP contribution in [0, 0.1) is 13.8 Å². The number of ketones is 2. The monoisotopic (exact) mass is 420 g/mol. The van der Waals surface area contributed by atoms with E-state index in [9.17, 15) is 24.6 Å². The molecule has 7 heteroatoms. The van der Waals surface area contributed by atoms with E-state index in [0.717, 1.165) is 11.1 Å². The second kappa shape index (κ2) is 7.67. The van der Waals surface area contributed by atoms with Gasteiger partial charge in [-0.15, -0.1) is 0 Å². The molecule has 4 rings (SSSR count). The van der Waals surface area contributed by atoms with E-state index in [-0.39, 0.29) is 41.1 Å². The molecule has 160 valence electrons. The Balaban J connectivity index is 1.81.